The smallest absolute Gasteiger partial charge is 0.191 e. The first kappa shape index (κ1) is 20.9. The van der Waals surface area contributed by atoms with Crippen molar-refractivity contribution in [1.29, 1.82) is 0 Å². The van der Waals surface area contributed by atoms with Crippen molar-refractivity contribution in [3.05, 3.63) is 29.8 Å². The van der Waals surface area contributed by atoms with E-state index in [1.54, 1.807) is 7.05 Å². The second kappa shape index (κ2) is 11.9. The molecule has 0 aromatic heterocycles. The van der Waals surface area contributed by atoms with E-state index < -0.39 is 0 Å². The maximum atomic E-state index is 6.10. The van der Waals surface area contributed by atoms with Crippen LogP contribution in [-0.2, 0) is 16.0 Å². The molecule has 6 heteroatoms. The molecule has 1 aromatic carbocycles. The average molecular weight is 390 g/mol. The lowest BCUT2D eigenvalue weighted by molar-refractivity contribution is 0.0203. The van der Waals surface area contributed by atoms with Gasteiger partial charge in [-0.1, -0.05) is 18.2 Å². The van der Waals surface area contributed by atoms with E-state index in [0.717, 1.165) is 69.5 Å². The Morgan fingerprint density at radius 2 is 1.96 bits per heavy atom. The summed E-state index contributed by atoms with van der Waals surface area (Å²) in [6, 6.07) is 8.25. The highest BCUT2D eigenvalue weighted by Crippen LogP contribution is 2.27. The topological polar surface area (TPSA) is 64.1 Å². The van der Waals surface area contributed by atoms with Crippen LogP contribution in [0.15, 0.2) is 29.3 Å². The first-order valence-electron chi connectivity index (χ1n) is 10.7. The van der Waals surface area contributed by atoms with Crippen molar-refractivity contribution in [2.24, 2.45) is 10.9 Å². The van der Waals surface area contributed by atoms with Crippen LogP contribution in [0.25, 0.3) is 0 Å². The molecule has 2 N–H and O–H groups in total. The summed E-state index contributed by atoms with van der Waals surface area (Å²) in [7, 11) is 1.80. The lowest BCUT2D eigenvalue weighted by Gasteiger charge is -2.27. The van der Waals surface area contributed by atoms with E-state index in [9.17, 15) is 0 Å². The van der Waals surface area contributed by atoms with Crippen LogP contribution >= 0.6 is 0 Å². The minimum absolute atomic E-state index is 0.389. The summed E-state index contributed by atoms with van der Waals surface area (Å²) in [5.41, 5.74) is 1.16. The highest BCUT2D eigenvalue weighted by Gasteiger charge is 2.20. The molecular weight excluding hydrogens is 354 g/mol. The van der Waals surface area contributed by atoms with Crippen molar-refractivity contribution < 1.29 is 14.2 Å². The van der Waals surface area contributed by atoms with Gasteiger partial charge in [0.15, 0.2) is 5.96 Å². The standard InChI is InChI=1S/C22H35N3O3/c1-23-22(24-12-5-13-27-17-18-10-14-26-15-11-18)25-16-19-6-2-3-9-21(19)28-20-7-4-8-20/h2-3,6,9,18,20H,4-5,7-8,10-17H2,1H3,(H2,23,24,25). The zero-order valence-electron chi connectivity index (χ0n) is 17.1. The number of guanidine groups is 1. The summed E-state index contributed by atoms with van der Waals surface area (Å²) in [6.45, 7) is 4.93. The fourth-order valence-corrected chi connectivity index (χ4v) is 3.38. The van der Waals surface area contributed by atoms with E-state index >= 15 is 0 Å². The minimum Gasteiger partial charge on any atom is -0.490 e. The van der Waals surface area contributed by atoms with Crippen molar-refractivity contribution >= 4 is 5.96 Å². The molecule has 1 aliphatic heterocycles. The summed E-state index contributed by atoms with van der Waals surface area (Å²) in [4.78, 5) is 4.31. The van der Waals surface area contributed by atoms with E-state index in [-0.39, 0.29) is 0 Å². The number of hydrogen-bond donors (Lipinski definition) is 2. The maximum Gasteiger partial charge on any atom is 0.191 e. The Balaban J connectivity index is 1.30. The predicted octanol–water partition coefficient (Wildman–Crippen LogP) is 3.12. The zero-order valence-corrected chi connectivity index (χ0v) is 17.1. The van der Waals surface area contributed by atoms with Gasteiger partial charge < -0.3 is 24.8 Å². The number of nitrogens with one attached hydrogen (secondary N) is 2. The van der Waals surface area contributed by atoms with Gasteiger partial charge in [-0.2, -0.15) is 0 Å². The number of hydrogen-bond acceptors (Lipinski definition) is 4. The largest absolute Gasteiger partial charge is 0.490 e. The van der Waals surface area contributed by atoms with Crippen LogP contribution in [0.2, 0.25) is 0 Å². The van der Waals surface area contributed by atoms with E-state index in [1.807, 2.05) is 6.07 Å². The molecule has 0 radical (unpaired) electrons. The Bertz CT molecular complexity index is 598. The molecule has 2 aliphatic rings. The Labute approximate surface area is 169 Å². The molecule has 1 saturated heterocycles. The first-order valence-corrected chi connectivity index (χ1v) is 10.7. The molecule has 0 bridgehead atoms. The van der Waals surface area contributed by atoms with Crippen molar-refractivity contribution in [1.82, 2.24) is 10.6 Å². The van der Waals surface area contributed by atoms with E-state index in [2.05, 4.69) is 33.8 Å². The highest BCUT2D eigenvalue weighted by molar-refractivity contribution is 5.79. The molecule has 1 aromatic rings. The summed E-state index contributed by atoms with van der Waals surface area (Å²) in [5.74, 6) is 2.46. The number of benzene rings is 1. The quantitative estimate of drug-likeness (QED) is 0.366. The van der Waals surface area contributed by atoms with Gasteiger partial charge in [-0.15, -0.1) is 0 Å². The highest BCUT2D eigenvalue weighted by atomic mass is 16.5. The molecule has 2 fully saturated rings. The molecule has 28 heavy (non-hydrogen) atoms. The third-order valence-corrected chi connectivity index (χ3v) is 5.44. The zero-order chi connectivity index (χ0) is 19.4. The van der Waals surface area contributed by atoms with Crippen LogP contribution < -0.4 is 15.4 Å². The molecule has 156 valence electrons. The first-order chi connectivity index (χ1) is 13.8. The fourth-order valence-electron chi connectivity index (χ4n) is 3.38. The SMILES string of the molecule is CN=C(NCCCOCC1CCOCC1)NCc1ccccc1OC1CCC1. The van der Waals surface area contributed by atoms with Gasteiger partial charge in [0.2, 0.25) is 0 Å². The van der Waals surface area contributed by atoms with Gasteiger partial charge in [0.25, 0.3) is 0 Å². The van der Waals surface area contributed by atoms with Crippen LogP contribution in [0, 0.1) is 5.92 Å². The van der Waals surface area contributed by atoms with Crippen molar-refractivity contribution in [2.75, 3.05) is 40.0 Å². The third-order valence-electron chi connectivity index (χ3n) is 5.44. The lowest BCUT2D eigenvalue weighted by atomic mass is 9.96. The van der Waals surface area contributed by atoms with Crippen molar-refractivity contribution in [3.8, 4) is 5.75 Å². The Hall–Kier alpha value is -1.79. The molecule has 0 amide bonds. The van der Waals surface area contributed by atoms with Crippen LogP contribution in [0.5, 0.6) is 5.75 Å². The Morgan fingerprint density at radius 1 is 1.14 bits per heavy atom. The Morgan fingerprint density at radius 3 is 2.71 bits per heavy atom. The van der Waals surface area contributed by atoms with Crippen LogP contribution in [-0.4, -0.2) is 52.1 Å². The summed E-state index contributed by atoms with van der Waals surface area (Å²) in [5, 5.41) is 6.74. The number of para-hydroxylation sites is 1. The summed E-state index contributed by atoms with van der Waals surface area (Å²) < 4.78 is 17.3. The molecular formula is C22H35N3O3. The van der Waals surface area contributed by atoms with Gasteiger partial charge in [-0.3, -0.25) is 4.99 Å². The monoisotopic (exact) mass is 389 g/mol. The predicted molar refractivity (Wildman–Crippen MR) is 112 cm³/mol. The molecule has 1 saturated carbocycles. The minimum atomic E-state index is 0.389. The third kappa shape index (κ3) is 6.99. The average Bonchev–Trinajstić information content (AvgIpc) is 2.71. The van der Waals surface area contributed by atoms with Gasteiger partial charge in [-0.25, -0.2) is 0 Å². The van der Waals surface area contributed by atoms with Gasteiger partial charge in [0.05, 0.1) is 6.10 Å². The Kier molecular flexibility index (Phi) is 8.91. The van der Waals surface area contributed by atoms with Gasteiger partial charge in [-0.05, 0) is 50.5 Å². The lowest BCUT2D eigenvalue weighted by Crippen LogP contribution is -2.37. The maximum absolute atomic E-state index is 6.10. The second-order valence-corrected chi connectivity index (χ2v) is 7.62. The summed E-state index contributed by atoms with van der Waals surface area (Å²) >= 11 is 0. The van der Waals surface area contributed by atoms with Crippen LogP contribution in [0.3, 0.4) is 0 Å². The van der Waals surface area contributed by atoms with Crippen LogP contribution in [0.1, 0.15) is 44.1 Å². The van der Waals surface area contributed by atoms with Gasteiger partial charge in [0.1, 0.15) is 5.75 Å². The number of ether oxygens (including phenoxy) is 3. The number of rotatable bonds is 10. The molecule has 3 rings (SSSR count). The van der Waals surface area contributed by atoms with Crippen molar-refractivity contribution in [3.63, 3.8) is 0 Å². The van der Waals surface area contributed by atoms with Crippen LogP contribution in [0.4, 0.5) is 0 Å². The fraction of sp³-hybridized carbons (Fsp3) is 0.682. The van der Waals surface area contributed by atoms with Gasteiger partial charge >= 0.3 is 0 Å². The molecule has 6 nitrogen and oxygen atoms in total. The molecule has 1 aliphatic carbocycles. The van der Waals surface area contributed by atoms with Gasteiger partial charge in [0, 0.05) is 52.1 Å². The van der Waals surface area contributed by atoms with Crippen molar-refractivity contribution in [2.45, 2.75) is 51.2 Å². The summed E-state index contributed by atoms with van der Waals surface area (Å²) in [6.07, 6.45) is 7.22. The molecule has 1 heterocycles. The van der Waals surface area contributed by atoms with E-state index in [4.69, 9.17) is 14.2 Å². The van der Waals surface area contributed by atoms with E-state index in [1.165, 1.54) is 19.3 Å². The van der Waals surface area contributed by atoms with E-state index in [0.29, 0.717) is 18.6 Å². The molecule has 0 spiro atoms. The normalized spacial score (nSPS) is 18.5. The number of aliphatic imine (C=N–C) groups is 1. The number of nitrogens with zero attached hydrogens (tertiary/aromatic N) is 1. The second-order valence-electron chi connectivity index (χ2n) is 7.62. The molecule has 0 atom stereocenters. The molecule has 0 unspecified atom stereocenters.